The minimum absolute atomic E-state index is 0.164. The summed E-state index contributed by atoms with van der Waals surface area (Å²) in [4.78, 5) is 0. The summed E-state index contributed by atoms with van der Waals surface area (Å²) in [5.41, 5.74) is 0. The number of halogens is 3. The second-order valence-electron chi connectivity index (χ2n) is 2.75. The molecule has 2 nitrogen and oxygen atoms in total. The third kappa shape index (κ3) is 5.64. The normalized spacial score (nSPS) is 8.71. The summed E-state index contributed by atoms with van der Waals surface area (Å²) < 4.78 is 8.91. The average molecular weight is 564 g/mol. The number of benzene rings is 1. The Morgan fingerprint density at radius 3 is 2.24 bits per heavy atom. The molecular formula is C12H7I3O2. The Hall–Kier alpha value is 0.290. The van der Waals surface area contributed by atoms with E-state index in [1.165, 1.54) is 3.57 Å². The maximum absolute atomic E-state index is 8.42. The standard InChI is InChI=1S/C12H7I3O2/c13-9-7-10(14)12(11(15)8-9)17-6-4-2-1-3-5-16/h7-8,16H,5-6H2. The first-order valence-corrected chi connectivity index (χ1v) is 7.72. The summed E-state index contributed by atoms with van der Waals surface area (Å²) in [5, 5.41) is 8.42. The third-order valence-electron chi connectivity index (χ3n) is 1.57. The largest absolute Gasteiger partial charge is 0.479 e. The predicted molar refractivity (Wildman–Crippen MR) is 92.7 cm³/mol. The summed E-state index contributed by atoms with van der Waals surface area (Å²) in [6.45, 7) is 0.134. The van der Waals surface area contributed by atoms with Gasteiger partial charge in [0.05, 0.1) is 7.14 Å². The Morgan fingerprint density at radius 2 is 1.65 bits per heavy atom. The minimum Gasteiger partial charge on any atom is -0.479 e. The van der Waals surface area contributed by atoms with Gasteiger partial charge >= 0.3 is 0 Å². The van der Waals surface area contributed by atoms with Crippen molar-refractivity contribution in [2.75, 3.05) is 13.2 Å². The van der Waals surface area contributed by atoms with Crippen molar-refractivity contribution in [1.82, 2.24) is 0 Å². The highest BCUT2D eigenvalue weighted by atomic mass is 127. The third-order valence-corrected chi connectivity index (χ3v) is 3.80. The Kier molecular flexibility index (Phi) is 7.59. The quantitative estimate of drug-likeness (QED) is 0.443. The summed E-state index contributed by atoms with van der Waals surface area (Å²) in [5.74, 6) is 11.2. The van der Waals surface area contributed by atoms with Crippen LogP contribution in [0.4, 0.5) is 0 Å². The zero-order valence-electron chi connectivity index (χ0n) is 8.56. The van der Waals surface area contributed by atoms with Crippen molar-refractivity contribution in [3.63, 3.8) is 0 Å². The molecule has 0 amide bonds. The Bertz CT molecular complexity index is 495. The molecule has 0 aliphatic carbocycles. The molecular weight excluding hydrogens is 557 g/mol. The number of aliphatic hydroxyl groups excluding tert-OH is 1. The molecule has 0 bridgehead atoms. The van der Waals surface area contributed by atoms with Gasteiger partial charge in [-0.25, -0.2) is 0 Å². The zero-order valence-corrected chi connectivity index (χ0v) is 15.0. The van der Waals surface area contributed by atoms with E-state index in [-0.39, 0.29) is 6.61 Å². The van der Waals surface area contributed by atoms with Crippen LogP contribution < -0.4 is 4.74 Å². The number of hydrogen-bond acceptors (Lipinski definition) is 2. The van der Waals surface area contributed by atoms with Crippen LogP contribution >= 0.6 is 67.8 Å². The molecule has 17 heavy (non-hydrogen) atoms. The van der Waals surface area contributed by atoms with Crippen LogP contribution in [0.5, 0.6) is 5.75 Å². The van der Waals surface area contributed by atoms with Gasteiger partial charge < -0.3 is 9.84 Å². The number of hydrogen-bond donors (Lipinski definition) is 1. The van der Waals surface area contributed by atoms with E-state index >= 15 is 0 Å². The summed E-state index contributed by atoms with van der Waals surface area (Å²) >= 11 is 6.76. The lowest BCUT2D eigenvalue weighted by atomic mass is 10.3. The van der Waals surface area contributed by atoms with Crippen LogP contribution in [0.25, 0.3) is 0 Å². The molecule has 88 valence electrons. The molecule has 0 saturated carbocycles. The molecule has 0 radical (unpaired) electrons. The van der Waals surface area contributed by atoms with Gasteiger partial charge in [0.15, 0.2) is 0 Å². The summed E-state index contributed by atoms with van der Waals surface area (Å²) in [6, 6.07) is 4.11. The van der Waals surface area contributed by atoms with Crippen LogP contribution in [0, 0.1) is 34.4 Å². The van der Waals surface area contributed by atoms with Crippen molar-refractivity contribution in [2.24, 2.45) is 0 Å². The van der Waals surface area contributed by atoms with Crippen LogP contribution in [-0.2, 0) is 0 Å². The van der Waals surface area contributed by atoms with Crippen LogP contribution in [0.1, 0.15) is 0 Å². The van der Waals surface area contributed by atoms with Crippen LogP contribution in [0.2, 0.25) is 0 Å². The van der Waals surface area contributed by atoms with E-state index in [0.717, 1.165) is 12.9 Å². The fraction of sp³-hybridized carbons (Fsp3) is 0.167. The van der Waals surface area contributed by atoms with Crippen LogP contribution in [0.3, 0.4) is 0 Å². The van der Waals surface area contributed by atoms with Gasteiger partial charge in [-0.05, 0) is 97.7 Å². The second-order valence-corrected chi connectivity index (χ2v) is 6.32. The van der Waals surface area contributed by atoms with Crippen molar-refractivity contribution >= 4 is 67.8 Å². The highest BCUT2D eigenvalue weighted by Crippen LogP contribution is 2.29. The maximum Gasteiger partial charge on any atom is 0.150 e. The van der Waals surface area contributed by atoms with Gasteiger partial charge in [-0.1, -0.05) is 5.92 Å². The molecule has 5 heteroatoms. The van der Waals surface area contributed by atoms with Crippen molar-refractivity contribution in [2.45, 2.75) is 0 Å². The van der Waals surface area contributed by atoms with Gasteiger partial charge in [-0.2, -0.15) is 0 Å². The predicted octanol–water partition coefficient (Wildman–Crippen LogP) is 2.88. The van der Waals surface area contributed by atoms with E-state index in [1.54, 1.807) is 0 Å². The summed E-state index contributed by atoms with van der Waals surface area (Å²) in [7, 11) is 0. The first kappa shape index (κ1) is 15.3. The molecule has 1 aromatic carbocycles. The van der Waals surface area contributed by atoms with Crippen LogP contribution in [0.15, 0.2) is 12.1 Å². The number of ether oxygens (including phenoxy) is 1. The van der Waals surface area contributed by atoms with E-state index in [1.807, 2.05) is 0 Å². The Morgan fingerprint density at radius 1 is 1.06 bits per heavy atom. The molecule has 1 aromatic rings. The summed E-state index contributed by atoms with van der Waals surface area (Å²) in [6.07, 6.45) is 0. The molecule has 0 spiro atoms. The topological polar surface area (TPSA) is 29.5 Å². The number of rotatable bonds is 2. The molecule has 0 aliphatic heterocycles. The monoisotopic (exact) mass is 564 g/mol. The molecule has 1 N–H and O–H groups in total. The first-order valence-electron chi connectivity index (χ1n) is 4.49. The van der Waals surface area contributed by atoms with Crippen LogP contribution in [-0.4, -0.2) is 18.3 Å². The zero-order chi connectivity index (χ0) is 12.7. The molecule has 0 heterocycles. The highest BCUT2D eigenvalue weighted by Gasteiger charge is 2.06. The second kappa shape index (κ2) is 8.40. The SMILES string of the molecule is OCC#CC#CCOc1c(I)cc(I)cc1I. The first-order chi connectivity index (χ1) is 8.15. The van der Waals surface area contributed by atoms with Crippen molar-refractivity contribution < 1.29 is 9.84 Å². The Balaban J connectivity index is 2.66. The van der Waals surface area contributed by atoms with Crippen molar-refractivity contribution in [3.05, 3.63) is 22.8 Å². The molecule has 0 fully saturated rings. The van der Waals surface area contributed by atoms with E-state index in [2.05, 4.69) is 104 Å². The van der Waals surface area contributed by atoms with Crippen molar-refractivity contribution in [1.29, 1.82) is 0 Å². The van der Waals surface area contributed by atoms with E-state index < -0.39 is 0 Å². The Labute approximate surface area is 141 Å². The highest BCUT2D eigenvalue weighted by molar-refractivity contribution is 14.1. The fourth-order valence-corrected chi connectivity index (χ4v) is 4.83. The minimum atomic E-state index is -0.164. The molecule has 0 saturated heterocycles. The molecule has 0 aliphatic rings. The van der Waals surface area contributed by atoms with Gasteiger partial charge in [0.25, 0.3) is 0 Å². The molecule has 0 unspecified atom stereocenters. The van der Waals surface area contributed by atoms with E-state index in [4.69, 9.17) is 9.84 Å². The number of aliphatic hydroxyl groups is 1. The fourth-order valence-electron chi connectivity index (χ4n) is 0.939. The van der Waals surface area contributed by atoms with E-state index in [0.29, 0.717) is 6.61 Å². The maximum atomic E-state index is 8.42. The molecule has 0 atom stereocenters. The van der Waals surface area contributed by atoms with Gasteiger partial charge in [0, 0.05) is 3.57 Å². The average Bonchev–Trinajstić information content (AvgIpc) is 2.26. The molecule has 0 aromatic heterocycles. The van der Waals surface area contributed by atoms with E-state index in [9.17, 15) is 0 Å². The van der Waals surface area contributed by atoms with Gasteiger partial charge in [-0.3, -0.25) is 0 Å². The smallest absolute Gasteiger partial charge is 0.150 e. The van der Waals surface area contributed by atoms with Gasteiger partial charge in [0.1, 0.15) is 19.0 Å². The molecule has 1 rings (SSSR count). The van der Waals surface area contributed by atoms with Crippen molar-refractivity contribution in [3.8, 4) is 29.4 Å². The van der Waals surface area contributed by atoms with Gasteiger partial charge in [-0.15, -0.1) is 0 Å². The lowest BCUT2D eigenvalue weighted by Crippen LogP contribution is -1.98. The lowest BCUT2D eigenvalue weighted by molar-refractivity contribution is 0.350. The van der Waals surface area contributed by atoms with Gasteiger partial charge in [0.2, 0.25) is 0 Å². The lowest BCUT2D eigenvalue weighted by Gasteiger charge is -2.07.